The van der Waals surface area contributed by atoms with Gasteiger partial charge in [0.05, 0.1) is 0 Å². The van der Waals surface area contributed by atoms with Gasteiger partial charge in [-0.2, -0.15) is 0 Å². The summed E-state index contributed by atoms with van der Waals surface area (Å²) in [5.41, 5.74) is 11.1. The first-order chi connectivity index (χ1) is 3.30. The lowest BCUT2D eigenvalue weighted by molar-refractivity contribution is 0.603. The van der Waals surface area contributed by atoms with Gasteiger partial charge in [-0.1, -0.05) is 6.42 Å². The van der Waals surface area contributed by atoms with E-state index in [1.165, 1.54) is 6.42 Å². The van der Waals surface area contributed by atoms with Gasteiger partial charge < -0.3 is 11.5 Å². The lowest BCUT2D eigenvalue weighted by Crippen LogP contribution is -2.35. The molecule has 0 heterocycles. The average Bonchev–Trinajstić information content (AvgIpc) is 1.91. The molecule has 0 bridgehead atoms. The van der Waals surface area contributed by atoms with E-state index in [9.17, 15) is 0 Å². The van der Waals surface area contributed by atoms with E-state index in [0.29, 0.717) is 12.1 Å². The molecule has 0 aromatic heterocycles. The van der Waals surface area contributed by atoms with Crippen molar-refractivity contribution in [1.82, 2.24) is 0 Å². The van der Waals surface area contributed by atoms with Crippen LogP contribution in [0, 0.1) is 0 Å². The molecule has 0 spiro atoms. The monoisotopic (exact) mass is 136 g/mol. The molecule has 50 valence electrons. The molecule has 1 aliphatic rings. The first kappa shape index (κ1) is 8.21. The maximum Gasteiger partial charge on any atom is 0.0192 e. The summed E-state index contributed by atoms with van der Waals surface area (Å²) in [6, 6.07) is 0.583. The number of rotatable bonds is 0. The Balaban J connectivity index is 0.000000490. The highest BCUT2D eigenvalue weighted by Crippen LogP contribution is 2.13. The van der Waals surface area contributed by atoms with E-state index in [4.69, 9.17) is 11.5 Å². The molecule has 0 aromatic carbocycles. The minimum absolute atomic E-state index is 0. The highest BCUT2D eigenvalue weighted by Gasteiger charge is 2.18. The zero-order valence-electron chi connectivity index (χ0n) is 4.84. The fourth-order valence-electron chi connectivity index (χ4n) is 1.02. The van der Waals surface area contributed by atoms with Gasteiger partial charge in [0, 0.05) is 12.1 Å². The van der Waals surface area contributed by atoms with Crippen LogP contribution in [0.1, 0.15) is 19.3 Å². The highest BCUT2D eigenvalue weighted by molar-refractivity contribution is 5.85. The lowest BCUT2D eigenvalue weighted by Gasteiger charge is -2.05. The van der Waals surface area contributed by atoms with Crippen molar-refractivity contribution in [1.29, 1.82) is 0 Å². The smallest absolute Gasteiger partial charge is 0.0192 e. The molecule has 1 rings (SSSR count). The van der Waals surface area contributed by atoms with Gasteiger partial charge in [0.1, 0.15) is 0 Å². The molecule has 0 radical (unpaired) electrons. The summed E-state index contributed by atoms with van der Waals surface area (Å²) >= 11 is 0. The summed E-state index contributed by atoms with van der Waals surface area (Å²) < 4.78 is 0. The van der Waals surface area contributed by atoms with Gasteiger partial charge in [-0.3, -0.25) is 0 Å². The Bertz CT molecular complexity index is 59.4. The number of nitrogens with two attached hydrogens (primary N) is 2. The van der Waals surface area contributed by atoms with Gasteiger partial charge in [-0.15, -0.1) is 12.4 Å². The first-order valence-electron chi connectivity index (χ1n) is 2.82. The molecule has 0 saturated heterocycles. The lowest BCUT2D eigenvalue weighted by atomic mass is 10.2. The third kappa shape index (κ3) is 1.62. The van der Waals surface area contributed by atoms with E-state index < -0.39 is 0 Å². The van der Waals surface area contributed by atoms with E-state index in [1.807, 2.05) is 0 Å². The molecule has 0 aliphatic heterocycles. The van der Waals surface area contributed by atoms with E-state index in [-0.39, 0.29) is 12.4 Å². The molecule has 2 atom stereocenters. The fourth-order valence-corrected chi connectivity index (χ4v) is 1.02. The average molecular weight is 137 g/mol. The molecular formula is C5H13ClN2. The molecule has 1 saturated carbocycles. The van der Waals surface area contributed by atoms with Crippen molar-refractivity contribution in [2.75, 3.05) is 0 Å². The third-order valence-corrected chi connectivity index (χ3v) is 1.62. The summed E-state index contributed by atoms with van der Waals surface area (Å²) in [4.78, 5) is 0. The Hall–Kier alpha value is 0.210. The zero-order valence-corrected chi connectivity index (χ0v) is 5.66. The van der Waals surface area contributed by atoms with E-state index in [2.05, 4.69) is 0 Å². The number of hydrogen-bond acceptors (Lipinski definition) is 2. The van der Waals surface area contributed by atoms with Crippen LogP contribution in [-0.2, 0) is 0 Å². The van der Waals surface area contributed by atoms with Crippen LogP contribution in [0.5, 0.6) is 0 Å². The van der Waals surface area contributed by atoms with Crippen molar-refractivity contribution in [2.45, 2.75) is 31.3 Å². The molecule has 0 unspecified atom stereocenters. The predicted molar refractivity (Wildman–Crippen MR) is 37.0 cm³/mol. The van der Waals surface area contributed by atoms with Crippen LogP contribution in [0.4, 0.5) is 0 Å². The molecular weight excluding hydrogens is 124 g/mol. The van der Waals surface area contributed by atoms with E-state index >= 15 is 0 Å². The Morgan fingerprint density at radius 2 is 1.38 bits per heavy atom. The van der Waals surface area contributed by atoms with Crippen molar-refractivity contribution in [2.24, 2.45) is 11.5 Å². The van der Waals surface area contributed by atoms with Crippen LogP contribution in [-0.4, -0.2) is 12.1 Å². The van der Waals surface area contributed by atoms with Gasteiger partial charge in [-0.05, 0) is 12.8 Å². The Morgan fingerprint density at radius 3 is 1.50 bits per heavy atom. The van der Waals surface area contributed by atoms with Crippen LogP contribution in [0.3, 0.4) is 0 Å². The predicted octanol–water partition coefficient (Wildman–Crippen LogP) is 0.247. The molecule has 3 heteroatoms. The molecule has 8 heavy (non-hydrogen) atoms. The SMILES string of the molecule is Cl.N[C@@H]1CCC[C@@H]1N. The van der Waals surface area contributed by atoms with Crippen LogP contribution in [0.25, 0.3) is 0 Å². The Kier molecular flexibility index (Phi) is 3.36. The Labute approximate surface area is 56.0 Å². The molecule has 2 nitrogen and oxygen atoms in total. The summed E-state index contributed by atoms with van der Waals surface area (Å²) in [5, 5.41) is 0. The van der Waals surface area contributed by atoms with E-state index in [1.54, 1.807) is 0 Å². The van der Waals surface area contributed by atoms with Crippen LogP contribution >= 0.6 is 12.4 Å². The van der Waals surface area contributed by atoms with Gasteiger partial charge >= 0.3 is 0 Å². The van der Waals surface area contributed by atoms with Crippen molar-refractivity contribution < 1.29 is 0 Å². The van der Waals surface area contributed by atoms with Gasteiger partial charge in [0.25, 0.3) is 0 Å². The van der Waals surface area contributed by atoms with Crippen molar-refractivity contribution in [3.05, 3.63) is 0 Å². The van der Waals surface area contributed by atoms with Gasteiger partial charge in [0.2, 0.25) is 0 Å². The molecule has 0 aromatic rings. The van der Waals surface area contributed by atoms with Gasteiger partial charge in [-0.25, -0.2) is 0 Å². The normalized spacial score (nSPS) is 36.8. The first-order valence-corrected chi connectivity index (χ1v) is 2.82. The molecule has 1 fully saturated rings. The van der Waals surface area contributed by atoms with Crippen molar-refractivity contribution in [3.63, 3.8) is 0 Å². The highest BCUT2D eigenvalue weighted by atomic mass is 35.5. The quantitative estimate of drug-likeness (QED) is 0.502. The fraction of sp³-hybridized carbons (Fsp3) is 1.00. The van der Waals surface area contributed by atoms with Crippen molar-refractivity contribution in [3.8, 4) is 0 Å². The van der Waals surface area contributed by atoms with Crippen LogP contribution in [0.2, 0.25) is 0 Å². The summed E-state index contributed by atoms with van der Waals surface area (Å²) in [7, 11) is 0. The maximum atomic E-state index is 5.55. The number of hydrogen-bond donors (Lipinski definition) is 2. The standard InChI is InChI=1S/C5H12N2.ClH/c6-4-2-1-3-5(4)7;/h4-5H,1-3,6-7H2;1H/t4-,5+;. The second kappa shape index (κ2) is 3.28. The minimum atomic E-state index is 0. The largest absolute Gasteiger partial charge is 0.326 e. The second-order valence-electron chi connectivity index (χ2n) is 2.26. The van der Waals surface area contributed by atoms with Crippen molar-refractivity contribution >= 4 is 12.4 Å². The molecule has 1 aliphatic carbocycles. The summed E-state index contributed by atoms with van der Waals surface area (Å²) in [5.74, 6) is 0. The van der Waals surface area contributed by atoms with Crippen LogP contribution < -0.4 is 11.5 Å². The topological polar surface area (TPSA) is 52.0 Å². The molecule has 4 N–H and O–H groups in total. The number of halogens is 1. The maximum absolute atomic E-state index is 5.55. The molecule has 0 amide bonds. The van der Waals surface area contributed by atoms with E-state index in [0.717, 1.165) is 12.8 Å². The third-order valence-electron chi connectivity index (χ3n) is 1.62. The Morgan fingerprint density at radius 1 is 1.00 bits per heavy atom. The van der Waals surface area contributed by atoms with Crippen LogP contribution in [0.15, 0.2) is 0 Å². The summed E-state index contributed by atoms with van der Waals surface area (Å²) in [6.45, 7) is 0. The summed E-state index contributed by atoms with van der Waals surface area (Å²) in [6.07, 6.45) is 3.48. The minimum Gasteiger partial charge on any atom is -0.326 e. The van der Waals surface area contributed by atoms with Gasteiger partial charge in [0.15, 0.2) is 0 Å². The second-order valence-corrected chi connectivity index (χ2v) is 2.26. The zero-order chi connectivity index (χ0) is 5.28.